The van der Waals surface area contributed by atoms with Gasteiger partial charge in [-0.1, -0.05) is 13.8 Å². The molecule has 0 amide bonds. The molecule has 0 saturated carbocycles. The molecule has 3 nitrogen and oxygen atoms in total. The Morgan fingerprint density at radius 2 is 2.00 bits per heavy atom. The summed E-state index contributed by atoms with van der Waals surface area (Å²) in [5.74, 6) is 0. The van der Waals surface area contributed by atoms with E-state index in [2.05, 4.69) is 0 Å². The summed E-state index contributed by atoms with van der Waals surface area (Å²) in [6.07, 6.45) is 0.351. The number of aliphatic hydroxyl groups excluding tert-OH is 2. The van der Waals surface area contributed by atoms with Crippen LogP contribution in [-0.2, 0) is 4.74 Å². The average molecular weight is 176 g/mol. The normalized spacial score (nSPS) is 14.8. The molecular formula is C9H20O3. The zero-order chi connectivity index (χ0) is 9.61. The number of hydrogen-bond acceptors (Lipinski definition) is 3. The molecule has 0 aromatic carbocycles. The van der Waals surface area contributed by atoms with Crippen LogP contribution in [0, 0.1) is 5.41 Å². The molecule has 0 aliphatic heterocycles. The molecule has 0 bridgehead atoms. The Bertz CT molecular complexity index is 110. The van der Waals surface area contributed by atoms with Gasteiger partial charge in [0.25, 0.3) is 0 Å². The highest BCUT2D eigenvalue weighted by Crippen LogP contribution is 2.13. The van der Waals surface area contributed by atoms with Gasteiger partial charge in [0.2, 0.25) is 0 Å². The third kappa shape index (κ3) is 6.58. The minimum atomic E-state index is -0.303. The van der Waals surface area contributed by atoms with E-state index in [1.807, 2.05) is 13.8 Å². The Labute approximate surface area is 74.4 Å². The standard InChI is InChI=1S/C9H20O3/c1-8(11)4-5-12-7-9(2,3)6-10/h8,10-11H,4-7H2,1-3H3. The van der Waals surface area contributed by atoms with Crippen LogP contribution in [0.4, 0.5) is 0 Å². The highest BCUT2D eigenvalue weighted by atomic mass is 16.5. The third-order valence-corrected chi connectivity index (χ3v) is 1.60. The zero-order valence-electron chi connectivity index (χ0n) is 8.21. The first-order chi connectivity index (χ1) is 5.48. The molecule has 0 saturated heterocycles. The van der Waals surface area contributed by atoms with Crippen LogP contribution >= 0.6 is 0 Å². The second-order valence-corrected chi connectivity index (χ2v) is 4.01. The first kappa shape index (κ1) is 11.9. The van der Waals surface area contributed by atoms with Crippen molar-refractivity contribution in [2.75, 3.05) is 19.8 Å². The fraction of sp³-hybridized carbons (Fsp3) is 1.00. The van der Waals surface area contributed by atoms with Gasteiger partial charge >= 0.3 is 0 Å². The van der Waals surface area contributed by atoms with Crippen LogP contribution in [0.25, 0.3) is 0 Å². The molecule has 0 aromatic rings. The van der Waals surface area contributed by atoms with E-state index < -0.39 is 0 Å². The fourth-order valence-electron chi connectivity index (χ4n) is 0.648. The SMILES string of the molecule is CC(O)CCOCC(C)(C)CO. The first-order valence-electron chi connectivity index (χ1n) is 4.34. The van der Waals surface area contributed by atoms with Crippen LogP contribution in [-0.4, -0.2) is 36.1 Å². The van der Waals surface area contributed by atoms with Gasteiger partial charge in [-0.25, -0.2) is 0 Å². The van der Waals surface area contributed by atoms with Crippen LogP contribution in [0.5, 0.6) is 0 Å². The van der Waals surface area contributed by atoms with E-state index in [-0.39, 0.29) is 18.1 Å². The van der Waals surface area contributed by atoms with Gasteiger partial charge < -0.3 is 14.9 Å². The van der Waals surface area contributed by atoms with Crippen molar-refractivity contribution < 1.29 is 14.9 Å². The Morgan fingerprint density at radius 3 is 2.42 bits per heavy atom. The summed E-state index contributed by atoms with van der Waals surface area (Å²) in [5.41, 5.74) is -0.168. The van der Waals surface area contributed by atoms with Crippen molar-refractivity contribution in [3.8, 4) is 0 Å². The maximum Gasteiger partial charge on any atom is 0.0539 e. The zero-order valence-corrected chi connectivity index (χ0v) is 8.21. The van der Waals surface area contributed by atoms with E-state index in [0.29, 0.717) is 19.6 Å². The molecule has 0 aliphatic carbocycles. The topological polar surface area (TPSA) is 49.7 Å². The molecule has 1 atom stereocenters. The quantitative estimate of drug-likeness (QED) is 0.588. The molecule has 1 unspecified atom stereocenters. The van der Waals surface area contributed by atoms with Gasteiger partial charge in [-0.15, -0.1) is 0 Å². The minimum Gasteiger partial charge on any atom is -0.396 e. The molecule has 0 aliphatic rings. The molecule has 74 valence electrons. The van der Waals surface area contributed by atoms with Crippen molar-refractivity contribution in [1.82, 2.24) is 0 Å². The van der Waals surface area contributed by atoms with E-state index in [1.165, 1.54) is 0 Å². The Balaban J connectivity index is 3.31. The third-order valence-electron chi connectivity index (χ3n) is 1.60. The molecule has 0 heterocycles. The van der Waals surface area contributed by atoms with Crippen molar-refractivity contribution in [2.45, 2.75) is 33.3 Å². The number of hydrogen-bond donors (Lipinski definition) is 2. The summed E-state index contributed by atoms with van der Waals surface area (Å²) >= 11 is 0. The second kappa shape index (κ2) is 5.51. The number of aliphatic hydroxyl groups is 2. The van der Waals surface area contributed by atoms with Crippen molar-refractivity contribution in [2.24, 2.45) is 5.41 Å². The minimum absolute atomic E-state index is 0.127. The lowest BCUT2D eigenvalue weighted by molar-refractivity contribution is 0.0156. The monoisotopic (exact) mass is 176 g/mol. The Morgan fingerprint density at radius 1 is 1.42 bits per heavy atom. The first-order valence-corrected chi connectivity index (χ1v) is 4.34. The van der Waals surface area contributed by atoms with Crippen molar-refractivity contribution in [3.63, 3.8) is 0 Å². The molecule has 0 fully saturated rings. The van der Waals surface area contributed by atoms with Gasteiger partial charge in [0.1, 0.15) is 0 Å². The molecule has 0 radical (unpaired) electrons. The van der Waals surface area contributed by atoms with E-state index in [1.54, 1.807) is 6.92 Å². The highest BCUT2D eigenvalue weighted by molar-refractivity contribution is 4.65. The summed E-state index contributed by atoms with van der Waals surface area (Å²) in [6, 6.07) is 0. The maximum absolute atomic E-state index is 8.91. The van der Waals surface area contributed by atoms with Gasteiger partial charge in [-0.2, -0.15) is 0 Å². The second-order valence-electron chi connectivity index (χ2n) is 4.01. The van der Waals surface area contributed by atoms with E-state index in [4.69, 9.17) is 14.9 Å². The molecule has 0 rings (SSSR count). The van der Waals surface area contributed by atoms with Crippen molar-refractivity contribution in [3.05, 3.63) is 0 Å². The maximum atomic E-state index is 8.91. The largest absolute Gasteiger partial charge is 0.396 e. The van der Waals surface area contributed by atoms with Crippen LogP contribution < -0.4 is 0 Å². The van der Waals surface area contributed by atoms with Gasteiger partial charge in [-0.3, -0.25) is 0 Å². The van der Waals surface area contributed by atoms with Gasteiger partial charge in [0.05, 0.1) is 19.3 Å². The van der Waals surface area contributed by atoms with Gasteiger partial charge in [0.15, 0.2) is 0 Å². The fourth-order valence-corrected chi connectivity index (χ4v) is 0.648. The van der Waals surface area contributed by atoms with Crippen molar-refractivity contribution >= 4 is 0 Å². The summed E-state index contributed by atoms with van der Waals surface area (Å²) < 4.78 is 5.28. The van der Waals surface area contributed by atoms with E-state index >= 15 is 0 Å². The van der Waals surface area contributed by atoms with Crippen LogP contribution in [0.3, 0.4) is 0 Å². The van der Waals surface area contributed by atoms with Gasteiger partial charge in [-0.05, 0) is 13.3 Å². The lowest BCUT2D eigenvalue weighted by Gasteiger charge is -2.21. The molecule has 0 aromatic heterocycles. The molecule has 0 spiro atoms. The van der Waals surface area contributed by atoms with Crippen molar-refractivity contribution in [1.29, 1.82) is 0 Å². The predicted octanol–water partition coefficient (Wildman–Crippen LogP) is 0.792. The van der Waals surface area contributed by atoms with E-state index in [0.717, 1.165) is 0 Å². The summed E-state index contributed by atoms with van der Waals surface area (Å²) in [6.45, 7) is 6.84. The Hall–Kier alpha value is -0.120. The highest BCUT2D eigenvalue weighted by Gasteiger charge is 2.16. The lowest BCUT2D eigenvalue weighted by Crippen LogP contribution is -2.24. The number of rotatable bonds is 6. The van der Waals surface area contributed by atoms with E-state index in [9.17, 15) is 0 Å². The molecule has 2 N–H and O–H groups in total. The average Bonchev–Trinajstić information content (AvgIpc) is 1.98. The smallest absolute Gasteiger partial charge is 0.0539 e. The van der Waals surface area contributed by atoms with Gasteiger partial charge in [0, 0.05) is 12.0 Å². The molecule has 3 heteroatoms. The Kier molecular flexibility index (Phi) is 5.46. The molecular weight excluding hydrogens is 156 g/mol. The van der Waals surface area contributed by atoms with Crippen LogP contribution in [0.2, 0.25) is 0 Å². The van der Waals surface area contributed by atoms with Crippen LogP contribution in [0.15, 0.2) is 0 Å². The lowest BCUT2D eigenvalue weighted by atomic mass is 9.97. The van der Waals surface area contributed by atoms with Crippen LogP contribution in [0.1, 0.15) is 27.2 Å². The summed E-state index contributed by atoms with van der Waals surface area (Å²) in [7, 11) is 0. The summed E-state index contributed by atoms with van der Waals surface area (Å²) in [5, 5.41) is 17.8. The summed E-state index contributed by atoms with van der Waals surface area (Å²) in [4.78, 5) is 0. The predicted molar refractivity (Wildman–Crippen MR) is 48.0 cm³/mol. The number of ether oxygens (including phenoxy) is 1. The molecule has 12 heavy (non-hydrogen) atoms.